The number of halogens is 2. The zero-order valence-electron chi connectivity index (χ0n) is 13.6. The number of carbonyl (C=O) groups excluding carboxylic acids is 2. The number of aromatic nitrogens is 1. The molecule has 0 bridgehead atoms. The Labute approximate surface area is 163 Å². The van der Waals surface area contributed by atoms with Gasteiger partial charge in [-0.15, -0.1) is 0 Å². The maximum atomic E-state index is 12.7. The normalized spacial score (nSPS) is 11.9. The van der Waals surface area contributed by atoms with E-state index in [0.717, 1.165) is 15.4 Å². The van der Waals surface area contributed by atoms with Crippen molar-refractivity contribution in [3.63, 3.8) is 0 Å². The number of nitrogens with one attached hydrogen (secondary N) is 1. The van der Waals surface area contributed by atoms with Gasteiger partial charge in [0.25, 0.3) is 5.91 Å². The summed E-state index contributed by atoms with van der Waals surface area (Å²) in [4.78, 5) is 28.9. The predicted molar refractivity (Wildman–Crippen MR) is 105 cm³/mol. The molecule has 3 aromatic rings. The molecule has 7 heteroatoms. The monoisotopic (exact) mass is 431 g/mol. The van der Waals surface area contributed by atoms with E-state index in [4.69, 9.17) is 17.3 Å². The molecule has 3 rings (SSSR count). The lowest BCUT2D eigenvalue weighted by Gasteiger charge is -2.17. The number of hydrogen-bond acceptors (Lipinski definition) is 3. The molecule has 0 unspecified atom stereocenters. The van der Waals surface area contributed by atoms with Crippen molar-refractivity contribution < 1.29 is 9.59 Å². The summed E-state index contributed by atoms with van der Waals surface area (Å²) >= 11 is 9.43. The van der Waals surface area contributed by atoms with Gasteiger partial charge in [0.05, 0.1) is 11.1 Å². The Hall–Kier alpha value is -2.44. The zero-order chi connectivity index (χ0) is 18.7. The van der Waals surface area contributed by atoms with E-state index in [1.54, 1.807) is 42.6 Å². The molecule has 26 heavy (non-hydrogen) atoms. The summed E-state index contributed by atoms with van der Waals surface area (Å²) in [5, 5.41) is 4.08. The minimum atomic E-state index is -0.878. The van der Waals surface area contributed by atoms with Gasteiger partial charge in [-0.25, -0.2) is 0 Å². The number of rotatable bonds is 5. The van der Waals surface area contributed by atoms with Crippen LogP contribution in [0.15, 0.2) is 59.2 Å². The fourth-order valence-corrected chi connectivity index (χ4v) is 3.27. The molecule has 3 N–H and O–H groups in total. The van der Waals surface area contributed by atoms with E-state index in [2.05, 4.69) is 26.2 Å². The van der Waals surface area contributed by atoms with Crippen molar-refractivity contribution in [1.82, 2.24) is 10.3 Å². The van der Waals surface area contributed by atoms with Crippen LogP contribution in [0.4, 0.5) is 0 Å². The summed E-state index contributed by atoms with van der Waals surface area (Å²) in [6.45, 7) is 0. The van der Waals surface area contributed by atoms with E-state index < -0.39 is 17.9 Å². The first-order valence-corrected chi connectivity index (χ1v) is 9.00. The Morgan fingerprint density at radius 3 is 2.73 bits per heavy atom. The second-order valence-electron chi connectivity index (χ2n) is 5.75. The number of nitrogens with two attached hydrogens (primary N) is 1. The molecule has 0 spiro atoms. The van der Waals surface area contributed by atoms with Gasteiger partial charge in [-0.1, -0.05) is 45.7 Å². The first kappa shape index (κ1) is 18.4. The molecule has 0 aliphatic heterocycles. The number of fused-ring (bicyclic) bond motifs is 1. The largest absolute Gasteiger partial charge is 0.368 e. The lowest BCUT2D eigenvalue weighted by molar-refractivity contribution is -0.119. The smallest absolute Gasteiger partial charge is 0.254 e. The van der Waals surface area contributed by atoms with E-state index >= 15 is 0 Å². The first-order valence-electron chi connectivity index (χ1n) is 7.83. The molecule has 5 nitrogen and oxygen atoms in total. The Balaban J connectivity index is 1.87. The molecule has 0 fully saturated rings. The molecule has 1 heterocycles. The molecule has 0 saturated heterocycles. The highest BCUT2D eigenvalue weighted by Crippen LogP contribution is 2.23. The second-order valence-corrected chi connectivity index (χ2v) is 7.04. The average molecular weight is 433 g/mol. The van der Waals surface area contributed by atoms with Crippen molar-refractivity contribution in [2.24, 2.45) is 5.73 Å². The van der Waals surface area contributed by atoms with Gasteiger partial charge in [-0.05, 0) is 35.9 Å². The number of amides is 2. The van der Waals surface area contributed by atoms with Gasteiger partial charge in [-0.2, -0.15) is 0 Å². The fourth-order valence-electron chi connectivity index (χ4n) is 2.67. The maximum Gasteiger partial charge on any atom is 0.254 e. The highest BCUT2D eigenvalue weighted by atomic mass is 79.9. The van der Waals surface area contributed by atoms with Gasteiger partial charge in [-0.3, -0.25) is 14.6 Å². The Kier molecular flexibility index (Phi) is 5.54. The predicted octanol–water partition coefficient (Wildman–Crippen LogP) is 3.48. The summed E-state index contributed by atoms with van der Waals surface area (Å²) in [6.07, 6.45) is 1.84. The Bertz CT molecular complexity index is 988. The van der Waals surface area contributed by atoms with Gasteiger partial charge in [0.15, 0.2) is 0 Å². The van der Waals surface area contributed by atoms with Crippen molar-refractivity contribution in [2.75, 3.05) is 0 Å². The highest BCUT2D eigenvalue weighted by Gasteiger charge is 2.22. The molecule has 2 aromatic carbocycles. The number of carbonyl (C=O) groups is 2. The van der Waals surface area contributed by atoms with Crippen LogP contribution in [0.5, 0.6) is 0 Å². The van der Waals surface area contributed by atoms with Crippen molar-refractivity contribution in [2.45, 2.75) is 12.5 Å². The summed E-state index contributed by atoms with van der Waals surface area (Å²) in [5.41, 5.74) is 7.23. The molecule has 0 saturated carbocycles. The number of primary amides is 1. The molecular weight excluding hydrogens is 418 g/mol. The van der Waals surface area contributed by atoms with Crippen molar-refractivity contribution in [3.05, 3.63) is 75.4 Å². The van der Waals surface area contributed by atoms with Gasteiger partial charge >= 0.3 is 0 Å². The van der Waals surface area contributed by atoms with Gasteiger partial charge in [0.1, 0.15) is 6.04 Å². The summed E-state index contributed by atoms with van der Waals surface area (Å²) < 4.78 is 0.786. The van der Waals surface area contributed by atoms with E-state index in [-0.39, 0.29) is 6.42 Å². The Morgan fingerprint density at radius 2 is 1.96 bits per heavy atom. The lowest BCUT2D eigenvalue weighted by atomic mass is 10.0. The van der Waals surface area contributed by atoms with E-state index in [1.165, 1.54) is 0 Å². The molecule has 1 atom stereocenters. The van der Waals surface area contributed by atoms with E-state index in [1.807, 2.05) is 12.1 Å². The average Bonchev–Trinajstić information content (AvgIpc) is 2.63. The minimum Gasteiger partial charge on any atom is -0.368 e. The van der Waals surface area contributed by atoms with Crippen LogP contribution in [0, 0.1) is 0 Å². The van der Waals surface area contributed by atoms with Crippen molar-refractivity contribution in [1.29, 1.82) is 0 Å². The van der Waals surface area contributed by atoms with Crippen LogP contribution in [0.3, 0.4) is 0 Å². The second kappa shape index (κ2) is 7.85. The SMILES string of the molecule is NC(=O)[C@@H](Cc1cc(Cl)ccc1Br)NC(=O)c1cccc2cccnc12. The number of nitrogens with zero attached hydrogens (tertiary/aromatic N) is 1. The van der Waals surface area contributed by atoms with Crippen LogP contribution in [0.25, 0.3) is 10.9 Å². The number of pyridine rings is 1. The molecule has 0 aliphatic carbocycles. The highest BCUT2D eigenvalue weighted by molar-refractivity contribution is 9.10. The summed E-state index contributed by atoms with van der Waals surface area (Å²) in [7, 11) is 0. The quantitative estimate of drug-likeness (QED) is 0.647. The van der Waals surface area contributed by atoms with Crippen molar-refractivity contribution in [3.8, 4) is 0 Å². The number of hydrogen-bond donors (Lipinski definition) is 2. The first-order chi connectivity index (χ1) is 12.5. The zero-order valence-corrected chi connectivity index (χ0v) is 15.9. The van der Waals surface area contributed by atoms with E-state index in [0.29, 0.717) is 16.1 Å². The van der Waals surface area contributed by atoms with Crippen LogP contribution < -0.4 is 11.1 Å². The minimum absolute atomic E-state index is 0.223. The fraction of sp³-hybridized carbons (Fsp3) is 0.105. The van der Waals surface area contributed by atoms with Gasteiger partial charge < -0.3 is 11.1 Å². The third-order valence-corrected chi connectivity index (χ3v) is 4.97. The van der Waals surface area contributed by atoms with Crippen LogP contribution >= 0.6 is 27.5 Å². The third kappa shape index (κ3) is 4.03. The third-order valence-electron chi connectivity index (χ3n) is 3.96. The van der Waals surface area contributed by atoms with Gasteiger partial charge in [0.2, 0.25) is 5.91 Å². The molecule has 2 amide bonds. The molecule has 1 aromatic heterocycles. The summed E-state index contributed by atoms with van der Waals surface area (Å²) in [6, 6.07) is 13.3. The number of para-hydroxylation sites is 1. The molecular formula is C19H15BrClN3O2. The maximum absolute atomic E-state index is 12.7. The van der Waals surface area contributed by atoms with Crippen LogP contribution in [-0.4, -0.2) is 22.8 Å². The Morgan fingerprint density at radius 1 is 1.19 bits per heavy atom. The van der Waals surface area contributed by atoms with Crippen LogP contribution in [0.1, 0.15) is 15.9 Å². The van der Waals surface area contributed by atoms with E-state index in [9.17, 15) is 9.59 Å². The van der Waals surface area contributed by atoms with Crippen LogP contribution in [0.2, 0.25) is 5.02 Å². The molecule has 0 radical (unpaired) electrons. The van der Waals surface area contributed by atoms with Crippen molar-refractivity contribution >= 4 is 50.2 Å². The molecule has 132 valence electrons. The lowest BCUT2D eigenvalue weighted by Crippen LogP contribution is -2.46. The summed E-state index contributed by atoms with van der Waals surface area (Å²) in [5.74, 6) is -1.03. The molecule has 0 aliphatic rings. The number of benzene rings is 2. The van der Waals surface area contributed by atoms with Crippen LogP contribution in [-0.2, 0) is 11.2 Å². The van der Waals surface area contributed by atoms with Gasteiger partial charge in [0, 0.05) is 27.5 Å². The standard InChI is InChI=1S/C19H15BrClN3O2/c20-15-7-6-13(21)9-12(15)10-16(18(22)25)24-19(26)14-5-1-3-11-4-2-8-23-17(11)14/h1-9,16H,10H2,(H2,22,25)(H,24,26)/t16-/m1/s1. The topological polar surface area (TPSA) is 85.1 Å².